The van der Waals surface area contributed by atoms with Gasteiger partial charge in [0.15, 0.2) is 11.7 Å². The minimum Gasteiger partial charge on any atom is -0.280 e. The SMILES string of the molecule is CC=NC(=N)c1nc(-c2ccc(C)cc2)n(Cc2ccccc2)n1. The third kappa shape index (κ3) is 3.46. The van der Waals surface area contributed by atoms with Gasteiger partial charge in [-0.3, -0.25) is 5.41 Å². The summed E-state index contributed by atoms with van der Waals surface area (Å²) in [5.41, 5.74) is 3.30. The molecule has 24 heavy (non-hydrogen) atoms. The van der Waals surface area contributed by atoms with Crippen LogP contribution in [-0.4, -0.2) is 26.8 Å². The summed E-state index contributed by atoms with van der Waals surface area (Å²) in [4.78, 5) is 8.52. The summed E-state index contributed by atoms with van der Waals surface area (Å²) >= 11 is 0. The van der Waals surface area contributed by atoms with Crippen LogP contribution in [0.4, 0.5) is 0 Å². The van der Waals surface area contributed by atoms with Gasteiger partial charge in [-0.05, 0) is 19.4 Å². The second kappa shape index (κ2) is 7.00. The summed E-state index contributed by atoms with van der Waals surface area (Å²) < 4.78 is 1.83. The maximum absolute atomic E-state index is 7.98. The summed E-state index contributed by atoms with van der Waals surface area (Å²) in [6.45, 7) is 4.42. The standard InChI is InChI=1S/C19H19N5/c1-3-21-17(20)18-22-19(16-11-9-14(2)10-12-16)24(23-18)13-15-7-5-4-6-8-15/h3-12,20H,13H2,1-2H3. The molecule has 1 heterocycles. The molecule has 2 aromatic carbocycles. The predicted octanol–water partition coefficient (Wildman–Crippen LogP) is 3.72. The fourth-order valence-corrected chi connectivity index (χ4v) is 2.41. The summed E-state index contributed by atoms with van der Waals surface area (Å²) in [6.07, 6.45) is 1.58. The average molecular weight is 317 g/mol. The Labute approximate surface area is 141 Å². The molecular weight excluding hydrogens is 298 g/mol. The van der Waals surface area contributed by atoms with Gasteiger partial charge in [0.1, 0.15) is 0 Å². The largest absolute Gasteiger partial charge is 0.280 e. The topological polar surface area (TPSA) is 66.9 Å². The average Bonchev–Trinajstić information content (AvgIpc) is 3.01. The summed E-state index contributed by atoms with van der Waals surface area (Å²) in [6, 6.07) is 18.2. The Hall–Kier alpha value is -3.08. The molecule has 0 spiro atoms. The molecule has 0 unspecified atom stereocenters. The van der Waals surface area contributed by atoms with Gasteiger partial charge in [-0.15, -0.1) is 5.10 Å². The van der Waals surface area contributed by atoms with Crippen molar-refractivity contribution in [2.75, 3.05) is 0 Å². The number of benzene rings is 2. The molecule has 120 valence electrons. The fourth-order valence-electron chi connectivity index (χ4n) is 2.41. The first-order valence-corrected chi connectivity index (χ1v) is 7.81. The number of hydrogen-bond donors (Lipinski definition) is 1. The molecule has 3 aromatic rings. The first-order valence-electron chi connectivity index (χ1n) is 7.81. The van der Waals surface area contributed by atoms with Gasteiger partial charge in [0.25, 0.3) is 0 Å². The minimum atomic E-state index is 0.0673. The normalized spacial score (nSPS) is 11.1. The van der Waals surface area contributed by atoms with Crippen LogP contribution in [0.5, 0.6) is 0 Å². The Morgan fingerprint density at radius 1 is 1.12 bits per heavy atom. The summed E-state index contributed by atoms with van der Waals surface area (Å²) in [5.74, 6) is 1.14. The van der Waals surface area contributed by atoms with E-state index in [0.29, 0.717) is 12.4 Å². The molecule has 0 saturated heterocycles. The Morgan fingerprint density at radius 3 is 2.50 bits per heavy atom. The second-order valence-corrected chi connectivity index (χ2v) is 5.50. The van der Waals surface area contributed by atoms with Crippen LogP contribution < -0.4 is 0 Å². The number of nitrogens with zero attached hydrogens (tertiary/aromatic N) is 4. The Balaban J connectivity index is 2.04. The van der Waals surface area contributed by atoms with Crippen molar-refractivity contribution in [3.8, 4) is 11.4 Å². The van der Waals surface area contributed by atoms with E-state index in [2.05, 4.69) is 34.1 Å². The van der Waals surface area contributed by atoms with Gasteiger partial charge in [-0.25, -0.2) is 14.7 Å². The highest BCUT2D eigenvalue weighted by atomic mass is 15.4. The number of aliphatic imine (C=N–C) groups is 1. The molecule has 5 nitrogen and oxygen atoms in total. The molecule has 0 saturated carbocycles. The number of aromatic nitrogens is 3. The lowest BCUT2D eigenvalue weighted by Gasteiger charge is -2.06. The van der Waals surface area contributed by atoms with E-state index in [1.54, 1.807) is 13.1 Å². The third-order valence-corrected chi connectivity index (χ3v) is 3.63. The molecule has 1 N–H and O–H groups in total. The van der Waals surface area contributed by atoms with Gasteiger partial charge in [0.2, 0.25) is 5.82 Å². The monoisotopic (exact) mass is 317 g/mol. The van der Waals surface area contributed by atoms with Crippen LogP contribution in [0.2, 0.25) is 0 Å². The van der Waals surface area contributed by atoms with E-state index in [-0.39, 0.29) is 5.84 Å². The molecule has 0 atom stereocenters. The van der Waals surface area contributed by atoms with Gasteiger partial charge >= 0.3 is 0 Å². The quantitative estimate of drug-likeness (QED) is 0.588. The van der Waals surface area contributed by atoms with E-state index in [0.717, 1.165) is 17.0 Å². The first kappa shape index (κ1) is 15.8. The van der Waals surface area contributed by atoms with Gasteiger partial charge < -0.3 is 0 Å². The van der Waals surface area contributed by atoms with E-state index >= 15 is 0 Å². The number of hydrogen-bond acceptors (Lipinski definition) is 3. The molecule has 0 fully saturated rings. The highest BCUT2D eigenvalue weighted by Gasteiger charge is 2.15. The van der Waals surface area contributed by atoms with Gasteiger partial charge in [-0.2, -0.15) is 0 Å². The Kier molecular flexibility index (Phi) is 4.61. The van der Waals surface area contributed by atoms with Crippen molar-refractivity contribution in [1.82, 2.24) is 14.8 Å². The number of aryl methyl sites for hydroxylation is 1. The van der Waals surface area contributed by atoms with Crippen molar-refractivity contribution in [3.05, 3.63) is 71.5 Å². The molecule has 5 heteroatoms. The lowest BCUT2D eigenvalue weighted by Crippen LogP contribution is -2.05. The molecule has 0 radical (unpaired) electrons. The van der Waals surface area contributed by atoms with E-state index in [1.807, 2.05) is 47.1 Å². The summed E-state index contributed by atoms with van der Waals surface area (Å²) in [5, 5.41) is 12.5. The van der Waals surface area contributed by atoms with Crippen LogP contribution >= 0.6 is 0 Å². The molecule has 1 aromatic heterocycles. The van der Waals surface area contributed by atoms with E-state index in [1.165, 1.54) is 5.56 Å². The zero-order chi connectivity index (χ0) is 16.9. The molecule has 0 aliphatic heterocycles. The zero-order valence-corrected chi connectivity index (χ0v) is 13.8. The molecule has 0 bridgehead atoms. The molecule has 0 amide bonds. The predicted molar refractivity (Wildman–Crippen MR) is 96.7 cm³/mol. The van der Waals surface area contributed by atoms with Crippen molar-refractivity contribution in [1.29, 1.82) is 5.41 Å². The second-order valence-electron chi connectivity index (χ2n) is 5.50. The maximum Gasteiger partial charge on any atom is 0.218 e. The van der Waals surface area contributed by atoms with Crippen LogP contribution in [0.1, 0.15) is 23.9 Å². The lowest BCUT2D eigenvalue weighted by molar-refractivity contribution is 0.691. The first-order chi connectivity index (χ1) is 11.7. The smallest absolute Gasteiger partial charge is 0.218 e. The maximum atomic E-state index is 7.98. The highest BCUT2D eigenvalue weighted by Crippen LogP contribution is 2.19. The lowest BCUT2D eigenvalue weighted by atomic mass is 10.1. The van der Waals surface area contributed by atoms with Gasteiger partial charge in [-0.1, -0.05) is 60.2 Å². The van der Waals surface area contributed by atoms with E-state index in [9.17, 15) is 0 Å². The van der Waals surface area contributed by atoms with Crippen molar-refractivity contribution < 1.29 is 0 Å². The number of nitrogens with one attached hydrogen (secondary N) is 1. The van der Waals surface area contributed by atoms with Crippen molar-refractivity contribution in [3.63, 3.8) is 0 Å². The van der Waals surface area contributed by atoms with Crippen LogP contribution in [0.15, 0.2) is 59.6 Å². The Morgan fingerprint density at radius 2 is 1.83 bits per heavy atom. The van der Waals surface area contributed by atoms with Crippen molar-refractivity contribution >= 4 is 12.1 Å². The van der Waals surface area contributed by atoms with Gasteiger partial charge in [0.05, 0.1) is 6.54 Å². The highest BCUT2D eigenvalue weighted by molar-refractivity contribution is 5.97. The fraction of sp³-hybridized carbons (Fsp3) is 0.158. The number of rotatable bonds is 4. The molecule has 0 aliphatic carbocycles. The van der Waals surface area contributed by atoms with Crippen molar-refractivity contribution in [2.45, 2.75) is 20.4 Å². The Bertz CT molecular complexity index is 861. The number of amidine groups is 1. The van der Waals surface area contributed by atoms with Crippen molar-refractivity contribution in [2.24, 2.45) is 4.99 Å². The van der Waals surface area contributed by atoms with Crippen LogP contribution in [0, 0.1) is 12.3 Å². The van der Waals surface area contributed by atoms with E-state index < -0.39 is 0 Å². The molecule has 3 rings (SSSR count). The van der Waals surface area contributed by atoms with Gasteiger partial charge in [0, 0.05) is 11.8 Å². The zero-order valence-electron chi connectivity index (χ0n) is 13.8. The van der Waals surface area contributed by atoms with E-state index in [4.69, 9.17) is 5.41 Å². The van der Waals surface area contributed by atoms with Crippen LogP contribution in [0.3, 0.4) is 0 Å². The molecule has 0 aliphatic rings. The minimum absolute atomic E-state index is 0.0673. The van der Waals surface area contributed by atoms with Crippen LogP contribution in [-0.2, 0) is 6.54 Å². The molecular formula is C19H19N5. The summed E-state index contributed by atoms with van der Waals surface area (Å²) in [7, 11) is 0. The third-order valence-electron chi connectivity index (χ3n) is 3.63. The van der Waals surface area contributed by atoms with Crippen LogP contribution in [0.25, 0.3) is 11.4 Å².